The van der Waals surface area contributed by atoms with Gasteiger partial charge in [0.15, 0.2) is 0 Å². The summed E-state index contributed by atoms with van der Waals surface area (Å²) in [6.45, 7) is 8.81. The fraction of sp³-hybridized carbons (Fsp3) is 0.457. The van der Waals surface area contributed by atoms with Gasteiger partial charge in [-0.1, -0.05) is 76.4 Å². The molecule has 2 N–H and O–H groups in total. The maximum Gasteiger partial charge on any atom is 0.268 e. The average Bonchev–Trinajstić information content (AvgIpc) is 2.95. The molecular weight excluding hydrogens is 562 g/mol. The molecule has 1 saturated carbocycles. The Kier molecular flexibility index (Phi) is 10.9. The minimum Gasteiger partial charge on any atom is -0.493 e. The number of amides is 1. The molecule has 0 heterocycles. The molecule has 1 aliphatic carbocycles. The lowest BCUT2D eigenvalue weighted by atomic mass is 9.84. The molecule has 7 nitrogen and oxygen atoms in total. The van der Waals surface area contributed by atoms with E-state index in [2.05, 4.69) is 38.2 Å². The number of ether oxygens (including phenoxy) is 2. The molecule has 4 rings (SSSR count). The monoisotopic (exact) mass is 607 g/mol. The zero-order valence-electron chi connectivity index (χ0n) is 25.7. The second kappa shape index (κ2) is 14.4. The molecule has 1 amide bonds. The minimum atomic E-state index is -4.13. The second-order valence-electron chi connectivity index (χ2n) is 12.8. The Morgan fingerprint density at radius 3 is 2.09 bits per heavy atom. The van der Waals surface area contributed by atoms with E-state index in [1.807, 2.05) is 48.5 Å². The van der Waals surface area contributed by atoms with Crippen LogP contribution in [0.2, 0.25) is 0 Å². The van der Waals surface area contributed by atoms with Gasteiger partial charge >= 0.3 is 0 Å². The molecule has 1 fully saturated rings. The highest BCUT2D eigenvalue weighted by Gasteiger charge is 2.23. The van der Waals surface area contributed by atoms with Gasteiger partial charge in [0, 0.05) is 5.69 Å². The molecule has 8 heteroatoms. The number of anilines is 1. The van der Waals surface area contributed by atoms with Gasteiger partial charge in [0.25, 0.3) is 10.1 Å². The average molecular weight is 608 g/mol. The van der Waals surface area contributed by atoms with Crippen molar-refractivity contribution in [1.29, 1.82) is 0 Å². The molecule has 3 aromatic carbocycles. The Bertz CT molecular complexity index is 1420. The first kappa shape index (κ1) is 32.6. The van der Waals surface area contributed by atoms with Gasteiger partial charge in [-0.25, -0.2) is 0 Å². The van der Waals surface area contributed by atoms with Crippen LogP contribution in [0.15, 0.2) is 72.8 Å². The molecule has 2 unspecified atom stereocenters. The van der Waals surface area contributed by atoms with Gasteiger partial charge in [-0.15, -0.1) is 0 Å². The SMILES string of the molecule is CC(CS(=O)(=O)O)Oc1ccc(CC(C(=O)Nc2ccc(OCC3CCCCC3)cc2)c2ccc(C(C)(C)C)cc2)cc1. The van der Waals surface area contributed by atoms with Gasteiger partial charge in [-0.3, -0.25) is 9.35 Å². The van der Waals surface area contributed by atoms with Crippen molar-refractivity contribution in [3.63, 3.8) is 0 Å². The van der Waals surface area contributed by atoms with E-state index in [1.165, 1.54) is 37.7 Å². The largest absolute Gasteiger partial charge is 0.493 e. The fourth-order valence-corrected chi connectivity index (χ4v) is 6.17. The second-order valence-corrected chi connectivity index (χ2v) is 14.3. The number of benzene rings is 3. The molecule has 0 bridgehead atoms. The lowest BCUT2D eigenvalue weighted by Crippen LogP contribution is -2.24. The van der Waals surface area contributed by atoms with E-state index in [0.717, 1.165) is 23.5 Å². The molecule has 0 radical (unpaired) electrons. The first-order chi connectivity index (χ1) is 20.4. The summed E-state index contributed by atoms with van der Waals surface area (Å²) in [4.78, 5) is 13.7. The normalized spacial score (nSPS) is 15.8. The predicted octanol–water partition coefficient (Wildman–Crippen LogP) is 7.56. The van der Waals surface area contributed by atoms with Crippen molar-refractivity contribution in [2.24, 2.45) is 5.92 Å². The van der Waals surface area contributed by atoms with E-state index in [4.69, 9.17) is 14.0 Å². The maximum atomic E-state index is 13.7. The topological polar surface area (TPSA) is 102 Å². The van der Waals surface area contributed by atoms with Crippen molar-refractivity contribution >= 4 is 21.7 Å². The van der Waals surface area contributed by atoms with Crippen LogP contribution in [-0.4, -0.2) is 37.3 Å². The lowest BCUT2D eigenvalue weighted by Gasteiger charge is -2.22. The Labute approximate surface area is 256 Å². The zero-order valence-corrected chi connectivity index (χ0v) is 26.5. The van der Waals surface area contributed by atoms with Crippen LogP contribution in [0.5, 0.6) is 11.5 Å². The molecule has 2 atom stereocenters. The van der Waals surface area contributed by atoms with Crippen LogP contribution in [0.3, 0.4) is 0 Å². The predicted molar refractivity (Wildman–Crippen MR) is 172 cm³/mol. The highest BCUT2D eigenvalue weighted by atomic mass is 32.2. The van der Waals surface area contributed by atoms with E-state index in [-0.39, 0.29) is 11.3 Å². The highest BCUT2D eigenvalue weighted by molar-refractivity contribution is 7.85. The number of nitrogens with one attached hydrogen (secondary N) is 1. The molecule has 0 saturated heterocycles. The van der Waals surface area contributed by atoms with Crippen LogP contribution in [-0.2, 0) is 26.7 Å². The van der Waals surface area contributed by atoms with E-state index in [1.54, 1.807) is 19.1 Å². The van der Waals surface area contributed by atoms with Crippen LogP contribution >= 0.6 is 0 Å². The van der Waals surface area contributed by atoms with Crippen LogP contribution in [0.4, 0.5) is 5.69 Å². The quantitative estimate of drug-likeness (QED) is 0.206. The Balaban J connectivity index is 1.46. The van der Waals surface area contributed by atoms with Crippen molar-refractivity contribution in [3.8, 4) is 11.5 Å². The van der Waals surface area contributed by atoms with Gasteiger partial charge in [-0.2, -0.15) is 8.42 Å². The van der Waals surface area contributed by atoms with Crippen LogP contribution in [0.25, 0.3) is 0 Å². The zero-order chi connectivity index (χ0) is 31.0. The highest BCUT2D eigenvalue weighted by Crippen LogP contribution is 2.29. The summed E-state index contributed by atoms with van der Waals surface area (Å²) >= 11 is 0. The molecule has 43 heavy (non-hydrogen) atoms. The smallest absolute Gasteiger partial charge is 0.268 e. The summed E-state index contributed by atoms with van der Waals surface area (Å²) in [5, 5.41) is 3.10. The molecule has 232 valence electrons. The van der Waals surface area contributed by atoms with E-state index >= 15 is 0 Å². The summed E-state index contributed by atoms with van der Waals surface area (Å²) in [7, 11) is -4.13. The van der Waals surface area contributed by atoms with E-state index in [0.29, 0.717) is 23.8 Å². The molecule has 3 aromatic rings. The van der Waals surface area contributed by atoms with Crippen molar-refractivity contribution in [1.82, 2.24) is 0 Å². The third kappa shape index (κ3) is 10.4. The van der Waals surface area contributed by atoms with Gasteiger partial charge < -0.3 is 14.8 Å². The summed E-state index contributed by atoms with van der Waals surface area (Å²) in [5.74, 6) is 0.879. The molecule has 1 aliphatic rings. The number of hydrogen-bond donors (Lipinski definition) is 2. The van der Waals surface area contributed by atoms with Gasteiger partial charge in [0.1, 0.15) is 23.4 Å². The Morgan fingerprint density at radius 2 is 1.51 bits per heavy atom. The number of rotatable bonds is 12. The number of carbonyl (C=O) groups excluding carboxylic acids is 1. The summed E-state index contributed by atoms with van der Waals surface area (Å²) in [5.41, 5.74) is 3.75. The van der Waals surface area contributed by atoms with Crippen molar-refractivity contribution in [2.75, 3.05) is 17.7 Å². The summed E-state index contributed by atoms with van der Waals surface area (Å²) < 4.78 is 43.0. The first-order valence-electron chi connectivity index (χ1n) is 15.2. The lowest BCUT2D eigenvalue weighted by molar-refractivity contribution is -0.117. The van der Waals surface area contributed by atoms with Crippen LogP contribution in [0, 0.1) is 5.92 Å². The third-order valence-corrected chi connectivity index (χ3v) is 8.86. The van der Waals surface area contributed by atoms with E-state index in [9.17, 15) is 13.2 Å². The molecule has 0 spiro atoms. The summed E-state index contributed by atoms with van der Waals surface area (Å²) in [6.07, 6.45) is 6.12. The minimum absolute atomic E-state index is 0.000582. The standard InChI is InChI=1S/C35H45NO6S/c1-25(24-43(38,39)40)42-32-18-10-26(11-19-32)22-33(28-12-14-29(15-13-28)35(2,3)4)34(37)36-30-16-20-31(21-17-30)41-23-27-8-6-5-7-9-27/h10-21,25,27,33H,5-9,22-24H2,1-4H3,(H,36,37)(H,38,39,40). The fourth-order valence-electron chi connectivity index (χ4n) is 5.51. The van der Waals surface area contributed by atoms with Crippen molar-refractivity contribution < 1.29 is 27.2 Å². The van der Waals surface area contributed by atoms with Gasteiger partial charge in [0.05, 0.1) is 12.5 Å². The van der Waals surface area contributed by atoms with Crippen LogP contribution in [0.1, 0.15) is 82.4 Å². The summed E-state index contributed by atoms with van der Waals surface area (Å²) in [6, 6.07) is 23.1. The first-order valence-corrected chi connectivity index (χ1v) is 16.8. The molecular formula is C35H45NO6S. The number of carbonyl (C=O) groups is 1. The van der Waals surface area contributed by atoms with Crippen LogP contribution < -0.4 is 14.8 Å². The van der Waals surface area contributed by atoms with Crippen molar-refractivity contribution in [2.45, 2.75) is 83.7 Å². The molecule has 0 aliphatic heterocycles. The maximum absolute atomic E-state index is 13.7. The van der Waals surface area contributed by atoms with Gasteiger partial charge in [0.2, 0.25) is 5.91 Å². The van der Waals surface area contributed by atoms with Crippen molar-refractivity contribution in [3.05, 3.63) is 89.5 Å². The molecule has 0 aromatic heterocycles. The third-order valence-electron chi connectivity index (χ3n) is 7.97. The van der Waals surface area contributed by atoms with E-state index < -0.39 is 27.9 Å². The Hall–Kier alpha value is -3.36. The Morgan fingerprint density at radius 1 is 0.907 bits per heavy atom. The van der Waals surface area contributed by atoms with Gasteiger partial charge in [-0.05, 0) is 90.6 Å². The number of hydrogen-bond acceptors (Lipinski definition) is 5.